The quantitative estimate of drug-likeness (QED) is 0.555. The van der Waals surface area contributed by atoms with Gasteiger partial charge in [0.05, 0.1) is 5.56 Å². The summed E-state index contributed by atoms with van der Waals surface area (Å²) in [4.78, 5) is 28.2. The van der Waals surface area contributed by atoms with Crippen molar-refractivity contribution in [2.45, 2.75) is 26.3 Å². The summed E-state index contributed by atoms with van der Waals surface area (Å²) in [5, 5.41) is 5.32. The molecule has 156 valence electrons. The fourth-order valence-corrected chi connectivity index (χ4v) is 2.90. The van der Waals surface area contributed by atoms with Crippen molar-refractivity contribution in [3.05, 3.63) is 83.4 Å². The lowest BCUT2D eigenvalue weighted by Gasteiger charge is -2.09. The highest BCUT2D eigenvalue weighted by Crippen LogP contribution is 2.12. The van der Waals surface area contributed by atoms with Gasteiger partial charge in [-0.1, -0.05) is 12.1 Å². The molecule has 0 spiro atoms. The average molecular weight is 412 g/mol. The van der Waals surface area contributed by atoms with E-state index in [1.165, 1.54) is 0 Å². The first-order valence-electron chi connectivity index (χ1n) is 9.52. The minimum Gasteiger partial charge on any atom is -0.352 e. The Morgan fingerprint density at radius 2 is 1.87 bits per heavy atom. The van der Waals surface area contributed by atoms with Gasteiger partial charge in [0.1, 0.15) is 17.5 Å². The van der Waals surface area contributed by atoms with Crippen molar-refractivity contribution < 1.29 is 18.4 Å². The Morgan fingerprint density at radius 3 is 2.53 bits per heavy atom. The third kappa shape index (κ3) is 5.73. The number of benzene rings is 2. The van der Waals surface area contributed by atoms with Crippen molar-refractivity contribution in [2.75, 3.05) is 11.9 Å². The highest BCUT2D eigenvalue weighted by Gasteiger charge is 2.12. The number of hydrogen-bond donors (Lipinski definition) is 2. The Balaban J connectivity index is 1.40. The van der Waals surface area contributed by atoms with Crippen LogP contribution in [0.15, 0.2) is 54.9 Å². The van der Waals surface area contributed by atoms with Crippen LogP contribution in [0.3, 0.4) is 0 Å². The molecule has 1 heterocycles. The number of rotatable bonds is 8. The van der Waals surface area contributed by atoms with Crippen LogP contribution in [-0.2, 0) is 11.3 Å². The molecule has 0 saturated heterocycles. The van der Waals surface area contributed by atoms with Gasteiger partial charge in [-0.15, -0.1) is 0 Å². The van der Waals surface area contributed by atoms with Gasteiger partial charge in [-0.25, -0.2) is 13.8 Å². The van der Waals surface area contributed by atoms with Crippen molar-refractivity contribution in [3.63, 3.8) is 0 Å². The number of nitrogens with zero attached hydrogens (tertiary/aromatic N) is 2. The normalized spacial score (nSPS) is 10.6. The van der Waals surface area contributed by atoms with Crippen molar-refractivity contribution in [2.24, 2.45) is 0 Å². The Kier molecular flexibility index (Phi) is 6.90. The van der Waals surface area contributed by atoms with E-state index in [-0.39, 0.29) is 24.4 Å². The van der Waals surface area contributed by atoms with E-state index in [2.05, 4.69) is 15.6 Å². The van der Waals surface area contributed by atoms with Gasteiger partial charge in [0.25, 0.3) is 5.91 Å². The molecule has 8 heteroatoms. The van der Waals surface area contributed by atoms with E-state index < -0.39 is 17.5 Å². The van der Waals surface area contributed by atoms with Crippen LogP contribution in [-0.4, -0.2) is 27.9 Å². The molecule has 0 aliphatic heterocycles. The van der Waals surface area contributed by atoms with E-state index in [0.29, 0.717) is 24.7 Å². The maximum absolute atomic E-state index is 13.6. The van der Waals surface area contributed by atoms with E-state index in [4.69, 9.17) is 0 Å². The molecule has 2 amide bonds. The fraction of sp³-hybridized carbons (Fsp3) is 0.227. The number of imidazole rings is 1. The molecule has 0 saturated carbocycles. The lowest BCUT2D eigenvalue weighted by molar-refractivity contribution is -0.116. The molecule has 1 aromatic heterocycles. The van der Waals surface area contributed by atoms with E-state index in [1.807, 2.05) is 42.0 Å². The van der Waals surface area contributed by atoms with Gasteiger partial charge in [-0.2, -0.15) is 0 Å². The minimum atomic E-state index is -0.920. The molecule has 0 fully saturated rings. The standard InChI is InChI=1S/C22H22F2N4O2/c1-15-25-11-12-28(15)14-16-4-7-18(8-5-16)27-21(29)3-2-10-26-22(30)19-9-6-17(23)13-20(19)24/h4-9,11-13H,2-3,10,14H2,1H3,(H,26,30)(H,27,29). The number of halogens is 2. The van der Waals surface area contributed by atoms with Crippen molar-refractivity contribution in [1.29, 1.82) is 0 Å². The molecule has 0 bridgehead atoms. The van der Waals surface area contributed by atoms with Gasteiger partial charge < -0.3 is 15.2 Å². The van der Waals surface area contributed by atoms with E-state index >= 15 is 0 Å². The molecule has 0 aliphatic rings. The van der Waals surface area contributed by atoms with Crippen LogP contribution < -0.4 is 10.6 Å². The van der Waals surface area contributed by atoms with E-state index in [0.717, 1.165) is 23.5 Å². The highest BCUT2D eigenvalue weighted by molar-refractivity contribution is 5.94. The Labute approximate surface area is 172 Å². The number of carbonyl (C=O) groups is 2. The zero-order valence-electron chi connectivity index (χ0n) is 16.5. The molecule has 0 unspecified atom stereocenters. The minimum absolute atomic E-state index is 0.185. The predicted octanol–water partition coefficient (Wildman–Crippen LogP) is 3.67. The van der Waals surface area contributed by atoms with Gasteiger partial charge >= 0.3 is 0 Å². The maximum atomic E-state index is 13.6. The molecule has 3 rings (SSSR count). The first-order valence-corrected chi connectivity index (χ1v) is 9.52. The van der Waals surface area contributed by atoms with Crippen LogP contribution in [0.4, 0.5) is 14.5 Å². The molecule has 30 heavy (non-hydrogen) atoms. The molecule has 0 aliphatic carbocycles. The number of carbonyl (C=O) groups excluding carboxylic acids is 2. The number of aryl methyl sites for hydroxylation is 1. The second-order valence-electron chi connectivity index (χ2n) is 6.83. The molecule has 2 aromatic carbocycles. The van der Waals surface area contributed by atoms with Gasteiger partial charge in [0.15, 0.2) is 0 Å². The average Bonchev–Trinajstić information content (AvgIpc) is 3.11. The third-order valence-corrected chi connectivity index (χ3v) is 4.56. The second-order valence-corrected chi connectivity index (χ2v) is 6.83. The van der Waals surface area contributed by atoms with Gasteiger partial charge in [-0.3, -0.25) is 9.59 Å². The van der Waals surface area contributed by atoms with Crippen LogP contribution in [0.2, 0.25) is 0 Å². The molecular formula is C22H22F2N4O2. The summed E-state index contributed by atoms with van der Waals surface area (Å²) in [6.07, 6.45) is 4.25. The third-order valence-electron chi connectivity index (χ3n) is 4.56. The number of hydrogen-bond acceptors (Lipinski definition) is 3. The largest absolute Gasteiger partial charge is 0.352 e. The van der Waals surface area contributed by atoms with Gasteiger partial charge in [-0.05, 0) is 43.2 Å². The summed E-state index contributed by atoms with van der Waals surface area (Å²) in [6.45, 7) is 2.84. The Morgan fingerprint density at radius 1 is 1.10 bits per heavy atom. The second kappa shape index (κ2) is 9.78. The van der Waals surface area contributed by atoms with Crippen molar-refractivity contribution in [3.8, 4) is 0 Å². The van der Waals surface area contributed by atoms with Crippen LogP contribution in [0.1, 0.15) is 34.6 Å². The summed E-state index contributed by atoms with van der Waals surface area (Å²) in [5.41, 5.74) is 1.54. The van der Waals surface area contributed by atoms with Crippen LogP contribution in [0.25, 0.3) is 0 Å². The van der Waals surface area contributed by atoms with Crippen molar-refractivity contribution in [1.82, 2.24) is 14.9 Å². The summed E-state index contributed by atoms with van der Waals surface area (Å²) in [7, 11) is 0. The van der Waals surface area contributed by atoms with Gasteiger partial charge in [0.2, 0.25) is 5.91 Å². The number of anilines is 1. The molecule has 6 nitrogen and oxygen atoms in total. The predicted molar refractivity (Wildman–Crippen MR) is 109 cm³/mol. The summed E-state index contributed by atoms with van der Waals surface area (Å²) in [5.74, 6) is -1.56. The zero-order valence-corrected chi connectivity index (χ0v) is 16.5. The van der Waals surface area contributed by atoms with E-state index in [1.54, 1.807) is 6.20 Å². The van der Waals surface area contributed by atoms with Crippen molar-refractivity contribution >= 4 is 17.5 Å². The number of aromatic nitrogens is 2. The van der Waals surface area contributed by atoms with Crippen LogP contribution in [0.5, 0.6) is 0 Å². The maximum Gasteiger partial charge on any atom is 0.254 e. The lowest BCUT2D eigenvalue weighted by Crippen LogP contribution is -2.26. The van der Waals surface area contributed by atoms with Crippen LogP contribution >= 0.6 is 0 Å². The molecule has 0 radical (unpaired) electrons. The molecule has 3 aromatic rings. The molecule has 2 N–H and O–H groups in total. The van der Waals surface area contributed by atoms with Crippen LogP contribution in [0, 0.1) is 18.6 Å². The summed E-state index contributed by atoms with van der Waals surface area (Å²) in [6, 6.07) is 10.3. The lowest BCUT2D eigenvalue weighted by atomic mass is 10.2. The highest BCUT2D eigenvalue weighted by atomic mass is 19.1. The number of nitrogens with one attached hydrogen (secondary N) is 2. The zero-order chi connectivity index (χ0) is 21.5. The SMILES string of the molecule is Cc1nccn1Cc1ccc(NC(=O)CCCNC(=O)c2ccc(F)cc2F)cc1. The fourth-order valence-electron chi connectivity index (χ4n) is 2.90. The summed E-state index contributed by atoms with van der Waals surface area (Å²) < 4.78 is 28.5. The summed E-state index contributed by atoms with van der Waals surface area (Å²) >= 11 is 0. The topological polar surface area (TPSA) is 76.0 Å². The molecule has 0 atom stereocenters. The first kappa shape index (κ1) is 21.2. The Bertz CT molecular complexity index is 1030. The van der Waals surface area contributed by atoms with Gasteiger partial charge in [0, 0.05) is 43.7 Å². The monoisotopic (exact) mass is 412 g/mol. The smallest absolute Gasteiger partial charge is 0.254 e. The first-order chi connectivity index (χ1) is 14.4. The Hall–Kier alpha value is -3.55. The number of amides is 2. The van der Waals surface area contributed by atoms with E-state index in [9.17, 15) is 18.4 Å². The molecular weight excluding hydrogens is 390 g/mol.